The summed E-state index contributed by atoms with van der Waals surface area (Å²) < 4.78 is 0. The smallest absolute Gasteiger partial charge is 0.224 e. The number of carbonyl (C=O) groups is 1. The lowest BCUT2D eigenvalue weighted by Crippen LogP contribution is -2.52. The minimum atomic E-state index is -0.697. The predicted octanol–water partition coefficient (Wildman–Crippen LogP) is 5.13. The van der Waals surface area contributed by atoms with Gasteiger partial charge in [0, 0.05) is 42.2 Å². The van der Waals surface area contributed by atoms with Crippen LogP contribution in [0.5, 0.6) is 0 Å². The van der Waals surface area contributed by atoms with Gasteiger partial charge in [0.1, 0.15) is 17.5 Å². The van der Waals surface area contributed by atoms with Crippen LogP contribution in [0, 0.1) is 12.3 Å². The van der Waals surface area contributed by atoms with E-state index in [0.717, 1.165) is 27.9 Å². The number of aliphatic hydroxyl groups is 1. The molecule has 2 aromatic heterocycles. The van der Waals surface area contributed by atoms with Gasteiger partial charge in [0.05, 0.1) is 11.3 Å². The van der Waals surface area contributed by atoms with Crippen LogP contribution in [-0.4, -0.2) is 49.9 Å². The molecule has 0 spiro atoms. The second-order valence-corrected chi connectivity index (χ2v) is 11.3. The zero-order valence-corrected chi connectivity index (χ0v) is 22.4. The molecule has 1 aliphatic heterocycles. The molecular formula is C26H35N7O2S. The number of aryl methyl sites for hydroxylation is 1. The molecule has 1 aliphatic rings. The fourth-order valence-electron chi connectivity index (χ4n) is 4.13. The molecule has 3 aromatic rings. The lowest BCUT2D eigenvalue weighted by atomic mass is 9.71. The third kappa shape index (κ3) is 6.17. The van der Waals surface area contributed by atoms with Crippen molar-refractivity contribution in [3.05, 3.63) is 42.1 Å². The van der Waals surface area contributed by atoms with E-state index >= 15 is 0 Å². The molecule has 10 heteroatoms. The van der Waals surface area contributed by atoms with Gasteiger partial charge in [0.2, 0.25) is 5.91 Å². The number of nitrogens with zero attached hydrogens (tertiary/aromatic N) is 4. The SMILES string of the molecule is CCC(=O)Nc1ccc(Sc2nc(Nc3cc(C)n[nH]3)cc(N3CCC(O)(C(C)(C)C)CC3)n2)cc1. The van der Waals surface area contributed by atoms with Gasteiger partial charge in [0.25, 0.3) is 0 Å². The lowest BCUT2D eigenvalue weighted by Gasteiger charge is -2.46. The molecule has 0 aliphatic carbocycles. The Kier molecular flexibility index (Phi) is 7.56. The average molecular weight is 510 g/mol. The first-order chi connectivity index (χ1) is 17.0. The Hall–Kier alpha value is -3.11. The fourth-order valence-corrected chi connectivity index (χ4v) is 4.89. The normalized spacial score (nSPS) is 15.6. The maximum Gasteiger partial charge on any atom is 0.224 e. The Morgan fingerprint density at radius 2 is 1.86 bits per heavy atom. The van der Waals surface area contributed by atoms with Crippen LogP contribution in [0.25, 0.3) is 0 Å². The summed E-state index contributed by atoms with van der Waals surface area (Å²) in [5.41, 5.74) is 0.767. The molecule has 0 saturated carbocycles. The van der Waals surface area contributed by atoms with Gasteiger partial charge in [-0.15, -0.1) is 0 Å². The Morgan fingerprint density at radius 3 is 2.44 bits per heavy atom. The zero-order valence-electron chi connectivity index (χ0n) is 21.6. The van der Waals surface area contributed by atoms with Crippen molar-refractivity contribution in [2.24, 2.45) is 5.41 Å². The summed E-state index contributed by atoms with van der Waals surface area (Å²) >= 11 is 1.46. The highest BCUT2D eigenvalue weighted by atomic mass is 32.2. The van der Waals surface area contributed by atoms with E-state index in [1.165, 1.54) is 11.8 Å². The third-order valence-electron chi connectivity index (χ3n) is 6.64. The summed E-state index contributed by atoms with van der Waals surface area (Å²) in [4.78, 5) is 24.4. The number of aromatic nitrogens is 4. The largest absolute Gasteiger partial charge is 0.389 e. The topological polar surface area (TPSA) is 119 Å². The summed E-state index contributed by atoms with van der Waals surface area (Å²) in [6, 6.07) is 11.5. The van der Waals surface area contributed by atoms with Gasteiger partial charge in [-0.05, 0) is 61.2 Å². The monoisotopic (exact) mass is 509 g/mol. The number of nitrogens with one attached hydrogen (secondary N) is 3. The minimum Gasteiger partial charge on any atom is -0.389 e. The van der Waals surface area contributed by atoms with E-state index in [-0.39, 0.29) is 11.3 Å². The van der Waals surface area contributed by atoms with Gasteiger partial charge >= 0.3 is 0 Å². The molecule has 36 heavy (non-hydrogen) atoms. The van der Waals surface area contributed by atoms with Crippen molar-refractivity contribution in [1.29, 1.82) is 0 Å². The van der Waals surface area contributed by atoms with Crippen LogP contribution in [0.1, 0.15) is 52.7 Å². The van der Waals surface area contributed by atoms with Crippen molar-refractivity contribution >= 4 is 40.8 Å². The Balaban J connectivity index is 1.56. The van der Waals surface area contributed by atoms with Gasteiger partial charge in [0.15, 0.2) is 5.16 Å². The minimum absolute atomic E-state index is 0.0175. The molecule has 192 valence electrons. The molecule has 0 unspecified atom stereocenters. The molecule has 0 atom stereocenters. The van der Waals surface area contributed by atoms with E-state index < -0.39 is 5.60 Å². The van der Waals surface area contributed by atoms with E-state index in [9.17, 15) is 9.90 Å². The number of rotatable bonds is 7. The molecule has 0 bridgehead atoms. The molecule has 3 heterocycles. The van der Waals surface area contributed by atoms with Crippen LogP contribution < -0.4 is 15.5 Å². The van der Waals surface area contributed by atoms with Crippen LogP contribution >= 0.6 is 11.8 Å². The van der Waals surface area contributed by atoms with Crippen LogP contribution in [0.2, 0.25) is 0 Å². The van der Waals surface area contributed by atoms with E-state index in [1.54, 1.807) is 0 Å². The quantitative estimate of drug-likeness (QED) is 0.324. The second kappa shape index (κ2) is 10.5. The Bertz CT molecular complexity index is 1200. The van der Waals surface area contributed by atoms with Gasteiger partial charge in [-0.1, -0.05) is 27.7 Å². The van der Waals surface area contributed by atoms with Crippen molar-refractivity contribution in [1.82, 2.24) is 20.2 Å². The average Bonchev–Trinajstić information content (AvgIpc) is 3.24. The number of hydrogen-bond acceptors (Lipinski definition) is 8. The maximum atomic E-state index is 11.7. The molecule has 4 N–H and O–H groups in total. The van der Waals surface area contributed by atoms with Crippen LogP contribution in [0.15, 0.2) is 46.5 Å². The predicted molar refractivity (Wildman–Crippen MR) is 144 cm³/mol. The van der Waals surface area contributed by atoms with Gasteiger partial charge in [-0.25, -0.2) is 9.97 Å². The maximum absolute atomic E-state index is 11.7. The first-order valence-corrected chi connectivity index (χ1v) is 13.1. The van der Waals surface area contributed by atoms with E-state index in [0.29, 0.717) is 43.3 Å². The number of carbonyl (C=O) groups excluding carboxylic acids is 1. The standard InChI is InChI=1S/C26H35N7O2S/c1-6-23(34)27-18-7-9-19(10-8-18)36-24-29-20(28-21-15-17(2)31-32-21)16-22(30-24)33-13-11-26(35,12-14-33)25(3,4)5/h7-10,15-16,35H,6,11-14H2,1-5H3,(H,27,34)(H2,28,29,30,31,32). The highest BCUT2D eigenvalue weighted by Gasteiger charge is 2.42. The highest BCUT2D eigenvalue weighted by molar-refractivity contribution is 7.99. The molecule has 1 fully saturated rings. The zero-order chi connectivity index (χ0) is 25.9. The summed E-state index contributed by atoms with van der Waals surface area (Å²) in [6.07, 6.45) is 1.79. The molecule has 9 nitrogen and oxygen atoms in total. The molecule has 4 rings (SSSR count). The molecule has 1 saturated heterocycles. The number of benzene rings is 1. The summed E-state index contributed by atoms with van der Waals surface area (Å²) in [5.74, 6) is 2.21. The number of H-pyrrole nitrogens is 1. The van der Waals surface area contributed by atoms with Crippen molar-refractivity contribution in [3.63, 3.8) is 0 Å². The van der Waals surface area contributed by atoms with E-state index in [1.807, 2.05) is 50.2 Å². The fraction of sp³-hybridized carbons (Fsp3) is 0.462. The summed E-state index contributed by atoms with van der Waals surface area (Å²) in [7, 11) is 0. The molecule has 1 amide bonds. The lowest BCUT2D eigenvalue weighted by molar-refractivity contribution is -0.115. The highest BCUT2D eigenvalue weighted by Crippen LogP contribution is 2.40. The first kappa shape index (κ1) is 26.0. The number of hydrogen-bond donors (Lipinski definition) is 4. The number of amides is 1. The van der Waals surface area contributed by atoms with Crippen molar-refractivity contribution < 1.29 is 9.90 Å². The van der Waals surface area contributed by atoms with E-state index in [2.05, 4.69) is 46.5 Å². The van der Waals surface area contributed by atoms with Gasteiger partial charge < -0.3 is 20.6 Å². The summed E-state index contributed by atoms with van der Waals surface area (Å²) in [6.45, 7) is 11.4. The van der Waals surface area contributed by atoms with Crippen LogP contribution in [0.4, 0.5) is 23.1 Å². The van der Waals surface area contributed by atoms with Crippen molar-refractivity contribution in [3.8, 4) is 0 Å². The third-order valence-corrected chi connectivity index (χ3v) is 7.51. The Labute approximate surface area is 216 Å². The van der Waals surface area contributed by atoms with Gasteiger partial charge in [-0.2, -0.15) is 5.10 Å². The molecule has 1 aromatic carbocycles. The van der Waals surface area contributed by atoms with Crippen molar-refractivity contribution in [2.45, 2.75) is 69.5 Å². The van der Waals surface area contributed by atoms with Crippen LogP contribution in [0.3, 0.4) is 0 Å². The second-order valence-electron chi connectivity index (χ2n) is 10.2. The number of anilines is 4. The molecule has 0 radical (unpaired) electrons. The van der Waals surface area contributed by atoms with Crippen LogP contribution in [-0.2, 0) is 4.79 Å². The Morgan fingerprint density at radius 1 is 1.17 bits per heavy atom. The summed E-state index contributed by atoms with van der Waals surface area (Å²) in [5, 5.41) is 25.1. The van der Waals surface area contributed by atoms with Crippen molar-refractivity contribution in [2.75, 3.05) is 28.6 Å². The van der Waals surface area contributed by atoms with Gasteiger partial charge in [-0.3, -0.25) is 9.89 Å². The van der Waals surface area contributed by atoms with E-state index in [4.69, 9.17) is 9.97 Å². The number of aromatic amines is 1. The first-order valence-electron chi connectivity index (χ1n) is 12.3. The molecular weight excluding hydrogens is 474 g/mol. The number of piperidine rings is 1.